The van der Waals surface area contributed by atoms with Crippen LogP contribution in [-0.2, 0) is 11.2 Å². The number of nitrogens with zero attached hydrogens (tertiary/aromatic N) is 1. The summed E-state index contributed by atoms with van der Waals surface area (Å²) in [6.45, 7) is 1.89. The molecule has 0 aliphatic carbocycles. The fourth-order valence-corrected chi connectivity index (χ4v) is 3.13. The van der Waals surface area contributed by atoms with Gasteiger partial charge >= 0.3 is 0 Å². The molecule has 0 bridgehead atoms. The number of pyridine rings is 1. The van der Waals surface area contributed by atoms with Crippen molar-refractivity contribution in [1.29, 1.82) is 0 Å². The number of hydrogen-bond acceptors (Lipinski definition) is 3. The number of aromatic nitrogens is 2. The summed E-state index contributed by atoms with van der Waals surface area (Å²) in [5.74, 6) is -0.0679. The van der Waals surface area contributed by atoms with Gasteiger partial charge in [-0.25, -0.2) is 0 Å². The number of anilines is 1. The SMILES string of the molecule is Cc1ccc(NC(=O)CCc2cc3c(cn2)[nH]c2ccccc23)c(O)c1. The molecule has 3 N–H and O–H groups in total. The minimum absolute atomic E-state index is 0.0803. The van der Waals surface area contributed by atoms with Crippen LogP contribution >= 0.6 is 0 Å². The number of carbonyl (C=O) groups excluding carboxylic acids is 1. The quantitative estimate of drug-likeness (QED) is 0.483. The van der Waals surface area contributed by atoms with Gasteiger partial charge in [-0.05, 0) is 43.2 Å². The standard InChI is InChI=1S/C21H19N3O2/c1-13-6-8-18(20(25)10-13)24-21(26)9-7-14-11-16-15-4-2-3-5-17(15)23-19(16)12-22-14/h2-6,8,10-12,23,25H,7,9H2,1H3,(H,24,26). The van der Waals surface area contributed by atoms with Crippen molar-refractivity contribution >= 4 is 33.4 Å². The summed E-state index contributed by atoms with van der Waals surface area (Å²) in [6.07, 6.45) is 2.65. The summed E-state index contributed by atoms with van der Waals surface area (Å²) in [6, 6.07) is 15.3. The van der Waals surface area contributed by atoms with Crippen molar-refractivity contribution in [3.05, 3.63) is 66.0 Å². The number of aromatic amines is 1. The third-order valence-corrected chi connectivity index (χ3v) is 4.48. The van der Waals surface area contributed by atoms with Gasteiger partial charge in [0.2, 0.25) is 5.91 Å². The molecule has 1 amide bonds. The minimum Gasteiger partial charge on any atom is -0.506 e. The summed E-state index contributed by atoms with van der Waals surface area (Å²) >= 11 is 0. The van der Waals surface area contributed by atoms with Crippen LogP contribution in [0.3, 0.4) is 0 Å². The number of nitrogens with one attached hydrogen (secondary N) is 2. The highest BCUT2D eigenvalue weighted by Crippen LogP contribution is 2.26. The van der Waals surface area contributed by atoms with Crippen molar-refractivity contribution < 1.29 is 9.90 Å². The van der Waals surface area contributed by atoms with E-state index in [1.165, 1.54) is 0 Å². The van der Waals surface area contributed by atoms with Gasteiger partial charge in [-0.15, -0.1) is 0 Å². The van der Waals surface area contributed by atoms with E-state index in [9.17, 15) is 9.90 Å². The van der Waals surface area contributed by atoms with Crippen LogP contribution in [0.25, 0.3) is 21.8 Å². The number of amides is 1. The normalized spacial score (nSPS) is 11.1. The van der Waals surface area contributed by atoms with E-state index < -0.39 is 0 Å². The molecule has 2 aromatic carbocycles. The number of carbonyl (C=O) groups is 1. The molecule has 4 aromatic rings. The minimum atomic E-state index is -0.148. The predicted molar refractivity (Wildman–Crippen MR) is 103 cm³/mol. The average molecular weight is 345 g/mol. The molecule has 0 aliphatic rings. The number of hydrogen-bond donors (Lipinski definition) is 3. The molecule has 0 fully saturated rings. The Morgan fingerprint density at radius 2 is 1.96 bits per heavy atom. The first kappa shape index (κ1) is 16.1. The van der Waals surface area contributed by atoms with Gasteiger partial charge < -0.3 is 15.4 Å². The third kappa shape index (κ3) is 3.11. The van der Waals surface area contributed by atoms with Crippen molar-refractivity contribution in [1.82, 2.24) is 9.97 Å². The van der Waals surface area contributed by atoms with Crippen LogP contribution in [-0.4, -0.2) is 21.0 Å². The van der Waals surface area contributed by atoms with Crippen molar-refractivity contribution in [2.45, 2.75) is 19.8 Å². The molecule has 0 unspecified atom stereocenters. The Morgan fingerprint density at radius 1 is 1.12 bits per heavy atom. The molecule has 2 aromatic heterocycles. The zero-order valence-corrected chi connectivity index (χ0v) is 14.4. The molecule has 0 aliphatic heterocycles. The van der Waals surface area contributed by atoms with Crippen LogP contribution < -0.4 is 5.32 Å². The second kappa shape index (κ2) is 6.52. The Hall–Kier alpha value is -3.34. The van der Waals surface area contributed by atoms with Gasteiger partial charge in [0.05, 0.1) is 17.4 Å². The van der Waals surface area contributed by atoms with Crippen LogP contribution in [0.15, 0.2) is 54.7 Å². The highest BCUT2D eigenvalue weighted by atomic mass is 16.3. The number of phenolic OH excluding ortho intramolecular Hbond substituents is 1. The van der Waals surface area contributed by atoms with E-state index >= 15 is 0 Å². The Morgan fingerprint density at radius 3 is 2.81 bits per heavy atom. The molecule has 5 nitrogen and oxygen atoms in total. The fraction of sp³-hybridized carbons (Fsp3) is 0.143. The van der Waals surface area contributed by atoms with Crippen molar-refractivity contribution in [3.63, 3.8) is 0 Å². The van der Waals surface area contributed by atoms with Gasteiger partial charge in [0.1, 0.15) is 5.75 Å². The van der Waals surface area contributed by atoms with Crippen molar-refractivity contribution in [3.8, 4) is 5.75 Å². The Kier molecular flexibility index (Phi) is 4.05. The summed E-state index contributed by atoms with van der Waals surface area (Å²) in [5.41, 5.74) is 4.31. The zero-order valence-electron chi connectivity index (χ0n) is 14.4. The van der Waals surface area contributed by atoms with Gasteiger partial charge in [0.25, 0.3) is 0 Å². The molecule has 0 radical (unpaired) electrons. The molecular formula is C21H19N3O2. The van der Waals surface area contributed by atoms with Gasteiger partial charge in [0, 0.05) is 28.4 Å². The van der Waals surface area contributed by atoms with Gasteiger partial charge in [0.15, 0.2) is 0 Å². The van der Waals surface area contributed by atoms with E-state index in [-0.39, 0.29) is 11.7 Å². The summed E-state index contributed by atoms with van der Waals surface area (Å²) < 4.78 is 0. The molecule has 5 heteroatoms. The number of H-pyrrole nitrogens is 1. The summed E-state index contributed by atoms with van der Waals surface area (Å²) in [4.78, 5) is 20.0. The van der Waals surface area contributed by atoms with Crippen LogP contribution in [0, 0.1) is 6.92 Å². The molecule has 130 valence electrons. The number of phenols is 1. The predicted octanol–water partition coefficient (Wildman–Crippen LogP) is 4.30. The van der Waals surface area contributed by atoms with E-state index in [2.05, 4.69) is 21.4 Å². The summed E-state index contributed by atoms with van der Waals surface area (Å²) in [5, 5.41) is 14.9. The Bertz CT molecular complexity index is 1110. The lowest BCUT2D eigenvalue weighted by Gasteiger charge is -2.08. The lowest BCUT2D eigenvalue weighted by Crippen LogP contribution is -2.12. The second-order valence-corrected chi connectivity index (χ2v) is 6.46. The smallest absolute Gasteiger partial charge is 0.224 e. The van der Waals surface area contributed by atoms with Crippen molar-refractivity contribution in [2.75, 3.05) is 5.32 Å². The molecule has 4 rings (SSSR count). The number of aromatic hydroxyl groups is 1. The number of benzene rings is 2. The van der Waals surface area contributed by atoms with E-state index in [0.29, 0.717) is 18.5 Å². The van der Waals surface area contributed by atoms with Crippen LogP contribution in [0.2, 0.25) is 0 Å². The summed E-state index contributed by atoms with van der Waals surface area (Å²) in [7, 11) is 0. The van der Waals surface area contributed by atoms with Gasteiger partial charge in [-0.3, -0.25) is 9.78 Å². The van der Waals surface area contributed by atoms with Crippen LogP contribution in [0.1, 0.15) is 17.7 Å². The largest absolute Gasteiger partial charge is 0.506 e. The van der Waals surface area contributed by atoms with Gasteiger partial charge in [-0.1, -0.05) is 24.3 Å². The monoisotopic (exact) mass is 345 g/mol. The average Bonchev–Trinajstić information content (AvgIpc) is 3.00. The number of aryl methyl sites for hydroxylation is 2. The van der Waals surface area contributed by atoms with E-state index in [0.717, 1.165) is 33.1 Å². The van der Waals surface area contributed by atoms with Gasteiger partial charge in [-0.2, -0.15) is 0 Å². The van der Waals surface area contributed by atoms with Crippen LogP contribution in [0.4, 0.5) is 5.69 Å². The van der Waals surface area contributed by atoms with E-state index in [1.807, 2.05) is 43.5 Å². The van der Waals surface area contributed by atoms with Crippen LogP contribution in [0.5, 0.6) is 5.75 Å². The van der Waals surface area contributed by atoms with E-state index in [1.54, 1.807) is 12.1 Å². The highest BCUT2D eigenvalue weighted by molar-refractivity contribution is 6.07. The zero-order chi connectivity index (χ0) is 18.1. The topological polar surface area (TPSA) is 78.0 Å². The molecule has 0 saturated carbocycles. The number of fused-ring (bicyclic) bond motifs is 3. The second-order valence-electron chi connectivity index (χ2n) is 6.46. The maximum Gasteiger partial charge on any atom is 0.224 e. The molecule has 0 spiro atoms. The Balaban J connectivity index is 1.48. The number of rotatable bonds is 4. The molecule has 0 atom stereocenters. The third-order valence-electron chi connectivity index (χ3n) is 4.48. The fourth-order valence-electron chi connectivity index (χ4n) is 3.13. The first-order valence-electron chi connectivity index (χ1n) is 8.55. The number of para-hydroxylation sites is 1. The maximum absolute atomic E-state index is 12.2. The first-order valence-corrected chi connectivity index (χ1v) is 8.55. The molecular weight excluding hydrogens is 326 g/mol. The Labute approximate surface area is 150 Å². The highest BCUT2D eigenvalue weighted by Gasteiger charge is 2.09. The molecule has 2 heterocycles. The van der Waals surface area contributed by atoms with E-state index in [4.69, 9.17) is 0 Å². The molecule has 0 saturated heterocycles. The first-order chi connectivity index (χ1) is 12.6. The van der Waals surface area contributed by atoms with Crippen molar-refractivity contribution in [2.24, 2.45) is 0 Å². The molecule has 26 heavy (non-hydrogen) atoms. The lowest BCUT2D eigenvalue weighted by molar-refractivity contribution is -0.116. The lowest BCUT2D eigenvalue weighted by atomic mass is 10.1. The maximum atomic E-state index is 12.2.